The molecule has 3 nitrogen and oxygen atoms in total. The molecule has 0 saturated carbocycles. The van der Waals surface area contributed by atoms with Gasteiger partial charge in [-0.15, -0.1) is 0 Å². The second kappa shape index (κ2) is 7.07. The van der Waals surface area contributed by atoms with E-state index in [1.807, 2.05) is 31.2 Å². The Labute approximate surface area is 103 Å². The van der Waals surface area contributed by atoms with Gasteiger partial charge < -0.3 is 4.74 Å². The van der Waals surface area contributed by atoms with Gasteiger partial charge in [0.15, 0.2) is 0 Å². The van der Waals surface area contributed by atoms with Crippen LogP contribution in [-0.2, 0) is 11.3 Å². The van der Waals surface area contributed by atoms with Crippen LogP contribution in [0.3, 0.4) is 0 Å². The van der Waals surface area contributed by atoms with Gasteiger partial charge in [-0.25, -0.2) is 4.79 Å². The summed E-state index contributed by atoms with van der Waals surface area (Å²) in [6.07, 6.45) is 0. The van der Waals surface area contributed by atoms with Crippen molar-refractivity contribution >= 4 is 5.97 Å². The van der Waals surface area contributed by atoms with E-state index in [4.69, 9.17) is 4.74 Å². The summed E-state index contributed by atoms with van der Waals surface area (Å²) in [5.74, 6) is -0.248. The topological polar surface area (TPSA) is 29.5 Å². The SMILES string of the molecule is CCOC(=O)c1ccc(CN(CC)CC)cc1. The molecule has 1 aromatic carbocycles. The average molecular weight is 235 g/mol. The Morgan fingerprint density at radius 1 is 1.12 bits per heavy atom. The smallest absolute Gasteiger partial charge is 0.338 e. The number of ether oxygens (including phenoxy) is 1. The minimum atomic E-state index is -0.248. The predicted octanol–water partition coefficient (Wildman–Crippen LogP) is 2.71. The molecule has 0 bridgehead atoms. The number of nitrogens with zero attached hydrogens (tertiary/aromatic N) is 1. The minimum absolute atomic E-state index is 0.248. The Kier molecular flexibility index (Phi) is 5.70. The zero-order valence-corrected chi connectivity index (χ0v) is 10.9. The summed E-state index contributed by atoms with van der Waals surface area (Å²) in [5.41, 5.74) is 1.84. The normalized spacial score (nSPS) is 10.6. The maximum absolute atomic E-state index is 11.5. The quantitative estimate of drug-likeness (QED) is 0.710. The van der Waals surface area contributed by atoms with E-state index in [0.717, 1.165) is 19.6 Å². The molecule has 1 aromatic rings. The molecule has 0 N–H and O–H groups in total. The first kappa shape index (κ1) is 13.7. The summed E-state index contributed by atoms with van der Waals surface area (Å²) in [4.78, 5) is 13.8. The van der Waals surface area contributed by atoms with Gasteiger partial charge in [0.05, 0.1) is 12.2 Å². The van der Waals surface area contributed by atoms with Crippen molar-refractivity contribution in [1.29, 1.82) is 0 Å². The molecule has 0 aliphatic heterocycles. The van der Waals surface area contributed by atoms with Gasteiger partial charge in [0.2, 0.25) is 0 Å². The van der Waals surface area contributed by atoms with Crippen molar-refractivity contribution in [3.63, 3.8) is 0 Å². The van der Waals surface area contributed by atoms with E-state index in [0.29, 0.717) is 12.2 Å². The van der Waals surface area contributed by atoms with Crippen molar-refractivity contribution in [2.45, 2.75) is 27.3 Å². The van der Waals surface area contributed by atoms with Crippen LogP contribution in [0.1, 0.15) is 36.7 Å². The first-order valence-corrected chi connectivity index (χ1v) is 6.19. The third-order valence-electron chi connectivity index (χ3n) is 2.77. The maximum Gasteiger partial charge on any atom is 0.338 e. The average Bonchev–Trinajstić information content (AvgIpc) is 2.37. The van der Waals surface area contributed by atoms with E-state index in [2.05, 4.69) is 18.7 Å². The summed E-state index contributed by atoms with van der Waals surface area (Å²) in [6.45, 7) is 9.53. The molecule has 1 rings (SSSR count). The second-order valence-electron chi connectivity index (χ2n) is 3.88. The van der Waals surface area contributed by atoms with Crippen molar-refractivity contribution in [3.8, 4) is 0 Å². The van der Waals surface area contributed by atoms with Crippen LogP contribution in [0.25, 0.3) is 0 Å². The molecule has 0 atom stereocenters. The molecule has 0 aliphatic carbocycles. The van der Waals surface area contributed by atoms with Crippen molar-refractivity contribution in [1.82, 2.24) is 4.90 Å². The van der Waals surface area contributed by atoms with E-state index in [1.165, 1.54) is 5.56 Å². The Bertz CT molecular complexity index is 342. The second-order valence-corrected chi connectivity index (χ2v) is 3.88. The van der Waals surface area contributed by atoms with Gasteiger partial charge >= 0.3 is 5.97 Å². The molecule has 0 amide bonds. The maximum atomic E-state index is 11.5. The molecule has 0 spiro atoms. The van der Waals surface area contributed by atoms with Gasteiger partial charge in [0.1, 0.15) is 0 Å². The highest BCUT2D eigenvalue weighted by atomic mass is 16.5. The summed E-state index contributed by atoms with van der Waals surface area (Å²) in [5, 5.41) is 0. The van der Waals surface area contributed by atoms with Crippen LogP contribution in [0, 0.1) is 0 Å². The molecular weight excluding hydrogens is 214 g/mol. The van der Waals surface area contributed by atoms with Crippen LogP contribution in [0.15, 0.2) is 24.3 Å². The van der Waals surface area contributed by atoms with E-state index in [1.54, 1.807) is 0 Å². The van der Waals surface area contributed by atoms with E-state index in [9.17, 15) is 4.79 Å². The molecule has 0 aliphatic rings. The fourth-order valence-electron chi connectivity index (χ4n) is 1.67. The van der Waals surface area contributed by atoms with Gasteiger partial charge in [-0.05, 0) is 37.7 Å². The van der Waals surface area contributed by atoms with Crippen LogP contribution >= 0.6 is 0 Å². The van der Waals surface area contributed by atoms with E-state index in [-0.39, 0.29) is 5.97 Å². The fourth-order valence-corrected chi connectivity index (χ4v) is 1.67. The zero-order valence-electron chi connectivity index (χ0n) is 10.9. The number of hydrogen-bond acceptors (Lipinski definition) is 3. The standard InChI is InChI=1S/C14H21NO2/c1-4-15(5-2)11-12-7-9-13(10-8-12)14(16)17-6-3/h7-10H,4-6,11H2,1-3H3. The largest absolute Gasteiger partial charge is 0.462 e. The van der Waals surface area contributed by atoms with Gasteiger partial charge in [-0.3, -0.25) is 4.90 Å². The third kappa shape index (κ3) is 4.19. The van der Waals surface area contributed by atoms with Crippen LogP contribution in [0.2, 0.25) is 0 Å². The number of hydrogen-bond donors (Lipinski definition) is 0. The van der Waals surface area contributed by atoms with Crippen molar-refractivity contribution in [2.24, 2.45) is 0 Å². The summed E-state index contributed by atoms with van der Waals surface area (Å²) in [6, 6.07) is 7.64. The number of benzene rings is 1. The molecule has 0 unspecified atom stereocenters. The highest BCUT2D eigenvalue weighted by molar-refractivity contribution is 5.89. The summed E-state index contributed by atoms with van der Waals surface area (Å²) >= 11 is 0. The summed E-state index contributed by atoms with van der Waals surface area (Å²) < 4.78 is 4.94. The van der Waals surface area contributed by atoms with Crippen LogP contribution in [-0.4, -0.2) is 30.6 Å². The van der Waals surface area contributed by atoms with E-state index >= 15 is 0 Å². The number of rotatable bonds is 6. The zero-order chi connectivity index (χ0) is 12.7. The Morgan fingerprint density at radius 3 is 2.18 bits per heavy atom. The van der Waals surface area contributed by atoms with Crippen molar-refractivity contribution in [2.75, 3.05) is 19.7 Å². The lowest BCUT2D eigenvalue weighted by atomic mass is 10.1. The third-order valence-corrected chi connectivity index (χ3v) is 2.77. The van der Waals surface area contributed by atoms with E-state index < -0.39 is 0 Å². The van der Waals surface area contributed by atoms with Gasteiger partial charge in [-0.2, -0.15) is 0 Å². The molecule has 0 fully saturated rings. The molecule has 3 heteroatoms. The number of carbonyl (C=O) groups is 1. The van der Waals surface area contributed by atoms with Crippen molar-refractivity contribution in [3.05, 3.63) is 35.4 Å². The first-order valence-electron chi connectivity index (χ1n) is 6.19. The van der Waals surface area contributed by atoms with Crippen LogP contribution in [0.4, 0.5) is 0 Å². The van der Waals surface area contributed by atoms with Crippen LogP contribution < -0.4 is 0 Å². The highest BCUT2D eigenvalue weighted by Gasteiger charge is 2.06. The van der Waals surface area contributed by atoms with Crippen LogP contribution in [0.5, 0.6) is 0 Å². The summed E-state index contributed by atoms with van der Waals surface area (Å²) in [7, 11) is 0. The molecule has 0 heterocycles. The predicted molar refractivity (Wildman–Crippen MR) is 69.0 cm³/mol. The number of esters is 1. The molecule has 0 saturated heterocycles. The Hall–Kier alpha value is -1.35. The fraction of sp³-hybridized carbons (Fsp3) is 0.500. The molecule has 0 radical (unpaired) electrons. The first-order chi connectivity index (χ1) is 8.21. The molecule has 17 heavy (non-hydrogen) atoms. The lowest BCUT2D eigenvalue weighted by Gasteiger charge is -2.17. The Balaban J connectivity index is 2.64. The lowest BCUT2D eigenvalue weighted by Crippen LogP contribution is -2.22. The highest BCUT2D eigenvalue weighted by Crippen LogP contribution is 2.08. The van der Waals surface area contributed by atoms with Crippen molar-refractivity contribution < 1.29 is 9.53 Å². The molecule has 0 aromatic heterocycles. The number of carbonyl (C=O) groups excluding carboxylic acids is 1. The molecular formula is C14H21NO2. The van der Waals surface area contributed by atoms with Gasteiger partial charge in [-0.1, -0.05) is 26.0 Å². The van der Waals surface area contributed by atoms with Gasteiger partial charge in [0, 0.05) is 6.54 Å². The minimum Gasteiger partial charge on any atom is -0.462 e. The Morgan fingerprint density at radius 2 is 1.71 bits per heavy atom. The van der Waals surface area contributed by atoms with Gasteiger partial charge in [0.25, 0.3) is 0 Å². The lowest BCUT2D eigenvalue weighted by molar-refractivity contribution is 0.0526. The molecule has 94 valence electrons. The monoisotopic (exact) mass is 235 g/mol.